The van der Waals surface area contributed by atoms with Gasteiger partial charge in [-0.3, -0.25) is 19.6 Å². The predicted octanol–water partition coefficient (Wildman–Crippen LogP) is 2.66. The van der Waals surface area contributed by atoms with Gasteiger partial charge in [0.05, 0.1) is 13.3 Å². The fraction of sp³-hybridized carbons (Fsp3) is 0.292. The fourth-order valence-corrected chi connectivity index (χ4v) is 3.47. The van der Waals surface area contributed by atoms with Gasteiger partial charge >= 0.3 is 5.69 Å². The molecular formula is C24H28N4O4. The van der Waals surface area contributed by atoms with Crippen molar-refractivity contribution in [2.75, 3.05) is 12.5 Å². The molecule has 2 amide bonds. The molecular weight excluding hydrogens is 408 g/mol. The molecule has 32 heavy (non-hydrogen) atoms. The number of nitrogens with one attached hydrogen (secondary N) is 2. The summed E-state index contributed by atoms with van der Waals surface area (Å²) < 4.78 is 7.63. The van der Waals surface area contributed by atoms with Gasteiger partial charge in [0.1, 0.15) is 11.8 Å². The minimum atomic E-state index is -0.758. The molecule has 1 atom stereocenters. The van der Waals surface area contributed by atoms with Crippen LogP contribution in [0.2, 0.25) is 0 Å². The topological polar surface area (TPSA) is 94.4 Å². The number of hydrogen-bond donors (Lipinski definition) is 2. The SMILES string of the molecule is COc1ccc(C(=O)Nn2cc(C)n(C(Cc3ccccc3)C(=O)NC(C)C)c2=O)cc1. The molecule has 0 fully saturated rings. The van der Waals surface area contributed by atoms with Crippen molar-refractivity contribution in [2.45, 2.75) is 39.3 Å². The van der Waals surface area contributed by atoms with Gasteiger partial charge in [-0.1, -0.05) is 30.3 Å². The number of carbonyl (C=O) groups excluding carboxylic acids is 2. The Balaban J connectivity index is 1.91. The second-order valence-corrected chi connectivity index (χ2v) is 7.83. The molecule has 8 nitrogen and oxygen atoms in total. The van der Waals surface area contributed by atoms with Crippen LogP contribution in [-0.4, -0.2) is 34.2 Å². The minimum Gasteiger partial charge on any atom is -0.497 e. The number of aromatic nitrogens is 2. The van der Waals surface area contributed by atoms with Crippen molar-refractivity contribution >= 4 is 11.8 Å². The standard InChI is InChI=1S/C24H28N4O4/c1-16(2)25-23(30)21(14-18-8-6-5-7-9-18)28-17(3)15-27(24(28)31)26-22(29)19-10-12-20(32-4)13-11-19/h5-13,15-16,21H,14H2,1-4H3,(H,25,30)(H,26,29). The van der Waals surface area contributed by atoms with Crippen LogP contribution in [0.1, 0.15) is 41.5 Å². The third kappa shape index (κ3) is 5.26. The van der Waals surface area contributed by atoms with Gasteiger partial charge in [-0.25, -0.2) is 9.47 Å². The molecule has 0 aliphatic rings. The first kappa shape index (κ1) is 22.9. The number of aryl methyl sites for hydroxylation is 1. The summed E-state index contributed by atoms with van der Waals surface area (Å²) >= 11 is 0. The second-order valence-electron chi connectivity index (χ2n) is 7.83. The summed E-state index contributed by atoms with van der Waals surface area (Å²) in [5.74, 6) is -0.0768. The van der Waals surface area contributed by atoms with E-state index in [9.17, 15) is 14.4 Å². The zero-order valence-corrected chi connectivity index (χ0v) is 18.7. The van der Waals surface area contributed by atoms with Crippen LogP contribution in [-0.2, 0) is 11.2 Å². The Labute approximate surface area is 186 Å². The van der Waals surface area contributed by atoms with E-state index in [1.54, 1.807) is 38.3 Å². The van der Waals surface area contributed by atoms with Gasteiger partial charge in [-0.15, -0.1) is 0 Å². The van der Waals surface area contributed by atoms with Gasteiger partial charge in [0.15, 0.2) is 0 Å². The predicted molar refractivity (Wildman–Crippen MR) is 123 cm³/mol. The van der Waals surface area contributed by atoms with Gasteiger partial charge < -0.3 is 10.1 Å². The maximum absolute atomic E-state index is 13.2. The number of rotatable bonds is 8. The zero-order chi connectivity index (χ0) is 23.3. The number of hydrogen-bond acceptors (Lipinski definition) is 4. The van der Waals surface area contributed by atoms with E-state index >= 15 is 0 Å². The molecule has 0 aliphatic carbocycles. The number of imidazole rings is 1. The highest BCUT2D eigenvalue weighted by Crippen LogP contribution is 2.16. The van der Waals surface area contributed by atoms with Gasteiger partial charge in [0, 0.05) is 23.7 Å². The van der Waals surface area contributed by atoms with E-state index in [-0.39, 0.29) is 11.9 Å². The molecule has 3 aromatic rings. The highest BCUT2D eigenvalue weighted by molar-refractivity contribution is 6.00. The third-order valence-corrected chi connectivity index (χ3v) is 5.00. The molecule has 8 heteroatoms. The molecule has 0 radical (unpaired) electrons. The van der Waals surface area contributed by atoms with Crippen LogP contribution in [0.15, 0.2) is 65.6 Å². The van der Waals surface area contributed by atoms with Crippen molar-refractivity contribution in [1.29, 1.82) is 0 Å². The van der Waals surface area contributed by atoms with Gasteiger partial charge in [-0.05, 0) is 50.6 Å². The van der Waals surface area contributed by atoms with Crippen molar-refractivity contribution in [1.82, 2.24) is 14.6 Å². The second kappa shape index (κ2) is 10.00. The number of benzene rings is 2. The lowest BCUT2D eigenvalue weighted by atomic mass is 10.0. The van der Waals surface area contributed by atoms with E-state index in [1.165, 1.54) is 10.8 Å². The van der Waals surface area contributed by atoms with Crippen molar-refractivity contribution < 1.29 is 14.3 Å². The molecule has 1 unspecified atom stereocenters. The number of methoxy groups -OCH3 is 1. The van der Waals surface area contributed by atoms with E-state index in [0.29, 0.717) is 23.4 Å². The van der Waals surface area contributed by atoms with E-state index < -0.39 is 17.6 Å². The average molecular weight is 437 g/mol. The summed E-state index contributed by atoms with van der Waals surface area (Å²) in [6.07, 6.45) is 1.86. The van der Waals surface area contributed by atoms with E-state index in [1.807, 2.05) is 44.2 Å². The summed E-state index contributed by atoms with van der Waals surface area (Å²) in [7, 11) is 1.54. The Hall–Kier alpha value is -3.81. The minimum absolute atomic E-state index is 0.0753. The summed E-state index contributed by atoms with van der Waals surface area (Å²) in [6, 6.07) is 15.2. The highest BCUT2D eigenvalue weighted by Gasteiger charge is 2.26. The smallest absolute Gasteiger partial charge is 0.348 e. The Bertz CT molecular complexity index is 1130. The first-order valence-corrected chi connectivity index (χ1v) is 10.4. The van der Waals surface area contributed by atoms with Crippen molar-refractivity contribution in [3.05, 3.63) is 88.1 Å². The van der Waals surface area contributed by atoms with E-state index in [0.717, 1.165) is 10.2 Å². The third-order valence-electron chi connectivity index (χ3n) is 5.00. The molecule has 3 rings (SSSR count). The lowest BCUT2D eigenvalue weighted by molar-refractivity contribution is -0.125. The fourth-order valence-electron chi connectivity index (χ4n) is 3.47. The normalized spacial score (nSPS) is 11.8. The summed E-state index contributed by atoms with van der Waals surface area (Å²) in [4.78, 5) is 38.8. The Morgan fingerprint density at radius 3 is 2.28 bits per heavy atom. The molecule has 2 N–H and O–H groups in total. The first-order valence-electron chi connectivity index (χ1n) is 10.4. The maximum atomic E-state index is 13.2. The molecule has 1 aromatic heterocycles. The highest BCUT2D eigenvalue weighted by atomic mass is 16.5. The van der Waals surface area contributed by atoms with Crippen LogP contribution in [0.3, 0.4) is 0 Å². The van der Waals surface area contributed by atoms with Crippen molar-refractivity contribution in [2.24, 2.45) is 0 Å². The molecule has 0 saturated carbocycles. The van der Waals surface area contributed by atoms with Gasteiger partial charge in [0.2, 0.25) is 5.91 Å². The van der Waals surface area contributed by atoms with E-state index in [4.69, 9.17) is 4.74 Å². The lowest BCUT2D eigenvalue weighted by Gasteiger charge is -2.20. The largest absolute Gasteiger partial charge is 0.497 e. The summed E-state index contributed by atoms with van der Waals surface area (Å²) in [5.41, 5.74) is 3.96. The molecule has 0 bridgehead atoms. The molecule has 2 aromatic carbocycles. The van der Waals surface area contributed by atoms with Crippen LogP contribution in [0, 0.1) is 6.92 Å². The summed E-state index contributed by atoms with van der Waals surface area (Å²) in [5, 5.41) is 2.90. The van der Waals surface area contributed by atoms with E-state index in [2.05, 4.69) is 10.7 Å². The number of amides is 2. The molecule has 0 aliphatic heterocycles. The number of ether oxygens (including phenoxy) is 1. The van der Waals surface area contributed by atoms with Gasteiger partial charge in [-0.2, -0.15) is 0 Å². The van der Waals surface area contributed by atoms with Crippen LogP contribution in [0.5, 0.6) is 5.75 Å². The molecule has 1 heterocycles. The molecule has 0 saturated heterocycles. The monoisotopic (exact) mass is 436 g/mol. The Morgan fingerprint density at radius 1 is 1.03 bits per heavy atom. The molecule has 0 spiro atoms. The summed E-state index contributed by atoms with van der Waals surface area (Å²) in [6.45, 7) is 5.47. The van der Waals surface area contributed by atoms with Crippen molar-refractivity contribution in [3.8, 4) is 5.75 Å². The Morgan fingerprint density at radius 2 is 1.69 bits per heavy atom. The zero-order valence-electron chi connectivity index (χ0n) is 18.7. The lowest BCUT2D eigenvalue weighted by Crippen LogP contribution is -2.43. The first-order chi connectivity index (χ1) is 15.3. The van der Waals surface area contributed by atoms with Crippen LogP contribution < -0.4 is 21.2 Å². The Kier molecular flexibility index (Phi) is 7.14. The number of nitrogens with zero attached hydrogens (tertiary/aromatic N) is 2. The average Bonchev–Trinajstić information content (AvgIpc) is 3.05. The molecule has 168 valence electrons. The van der Waals surface area contributed by atoms with Crippen LogP contribution in [0.4, 0.5) is 0 Å². The quantitative estimate of drug-likeness (QED) is 0.568. The maximum Gasteiger partial charge on any atom is 0.348 e. The number of carbonyl (C=O) groups is 2. The van der Waals surface area contributed by atoms with Crippen LogP contribution in [0.25, 0.3) is 0 Å². The van der Waals surface area contributed by atoms with Crippen LogP contribution >= 0.6 is 0 Å². The van der Waals surface area contributed by atoms with Crippen molar-refractivity contribution in [3.63, 3.8) is 0 Å². The van der Waals surface area contributed by atoms with Gasteiger partial charge in [0.25, 0.3) is 5.91 Å².